The van der Waals surface area contributed by atoms with Crippen molar-refractivity contribution in [2.45, 2.75) is 19.4 Å². The van der Waals surface area contributed by atoms with Crippen LogP contribution in [-0.4, -0.2) is 37.1 Å². The maximum Gasteiger partial charge on any atom is 0.264 e. The summed E-state index contributed by atoms with van der Waals surface area (Å²) >= 11 is 4.93. The Hall–Kier alpha value is -0.390. The molecule has 0 bridgehead atoms. The molecule has 1 aliphatic heterocycles. The highest BCUT2D eigenvalue weighted by Gasteiger charge is 2.25. The molecule has 1 atom stereocenters. The minimum Gasteiger partial charge on any atom is -0.379 e. The molecule has 5 heteroatoms. The van der Waals surface area contributed by atoms with Crippen LogP contribution in [0.5, 0.6) is 0 Å². The number of aryl methyl sites for hydroxylation is 1. The van der Waals surface area contributed by atoms with Gasteiger partial charge in [0, 0.05) is 13.7 Å². The van der Waals surface area contributed by atoms with Crippen LogP contribution in [0.25, 0.3) is 0 Å². The number of thiophene rings is 1. The molecule has 1 saturated heterocycles. The van der Waals surface area contributed by atoms with Gasteiger partial charge in [-0.3, -0.25) is 4.79 Å². The van der Waals surface area contributed by atoms with Crippen molar-refractivity contribution in [2.75, 3.05) is 20.3 Å². The highest BCUT2D eigenvalue weighted by molar-refractivity contribution is 9.11. The van der Waals surface area contributed by atoms with Gasteiger partial charge in [-0.15, -0.1) is 11.3 Å². The summed E-state index contributed by atoms with van der Waals surface area (Å²) in [6.07, 6.45) is 0.938. The SMILES string of the molecule is Cc1cc(C(=O)N(C)C2CCOC2)sc1Br. The minimum atomic E-state index is 0.0919. The van der Waals surface area contributed by atoms with E-state index in [9.17, 15) is 4.79 Å². The molecule has 1 fully saturated rings. The molecular formula is C11H14BrNO2S. The van der Waals surface area contributed by atoms with E-state index in [2.05, 4.69) is 15.9 Å². The van der Waals surface area contributed by atoms with E-state index in [0.29, 0.717) is 6.61 Å². The molecule has 1 aliphatic rings. The Morgan fingerprint density at radius 3 is 2.94 bits per heavy atom. The molecule has 0 aromatic carbocycles. The van der Waals surface area contributed by atoms with E-state index in [1.54, 1.807) is 4.90 Å². The van der Waals surface area contributed by atoms with Gasteiger partial charge in [0.05, 0.1) is 21.3 Å². The van der Waals surface area contributed by atoms with Gasteiger partial charge in [0.2, 0.25) is 0 Å². The average molecular weight is 304 g/mol. The van der Waals surface area contributed by atoms with Crippen molar-refractivity contribution in [1.82, 2.24) is 4.90 Å². The molecule has 1 aromatic rings. The first-order valence-corrected chi connectivity index (χ1v) is 6.81. The Morgan fingerprint density at radius 1 is 1.69 bits per heavy atom. The van der Waals surface area contributed by atoms with Crippen molar-refractivity contribution in [3.63, 3.8) is 0 Å². The normalized spacial score (nSPS) is 20.1. The highest BCUT2D eigenvalue weighted by atomic mass is 79.9. The second-order valence-corrected chi connectivity index (χ2v) is 6.37. The van der Waals surface area contributed by atoms with Gasteiger partial charge in [0.25, 0.3) is 5.91 Å². The number of amides is 1. The largest absolute Gasteiger partial charge is 0.379 e. The fourth-order valence-electron chi connectivity index (χ4n) is 1.73. The standard InChI is InChI=1S/C11H14BrNO2S/c1-7-5-9(16-10(7)12)11(14)13(2)8-3-4-15-6-8/h5,8H,3-4,6H2,1-2H3. The molecule has 3 nitrogen and oxygen atoms in total. The van der Waals surface area contributed by atoms with Crippen LogP contribution in [0.4, 0.5) is 0 Å². The summed E-state index contributed by atoms with van der Waals surface area (Å²) in [7, 11) is 1.85. The molecule has 0 N–H and O–H groups in total. The average Bonchev–Trinajstić information content (AvgIpc) is 2.87. The molecular weight excluding hydrogens is 290 g/mol. The summed E-state index contributed by atoms with van der Waals surface area (Å²) in [5.74, 6) is 0.0919. The van der Waals surface area contributed by atoms with Gasteiger partial charge in [0.15, 0.2) is 0 Å². The molecule has 2 heterocycles. The number of carbonyl (C=O) groups is 1. The van der Waals surface area contributed by atoms with Crippen LogP contribution in [0.1, 0.15) is 21.7 Å². The number of hydrogen-bond acceptors (Lipinski definition) is 3. The van der Waals surface area contributed by atoms with Crippen molar-refractivity contribution < 1.29 is 9.53 Å². The van der Waals surface area contributed by atoms with Crippen LogP contribution in [0.2, 0.25) is 0 Å². The lowest BCUT2D eigenvalue weighted by Crippen LogP contribution is -2.36. The maximum atomic E-state index is 12.2. The third-order valence-electron chi connectivity index (χ3n) is 2.84. The topological polar surface area (TPSA) is 29.5 Å². The van der Waals surface area contributed by atoms with Gasteiger partial charge in [0.1, 0.15) is 0 Å². The molecule has 88 valence electrons. The quantitative estimate of drug-likeness (QED) is 0.841. The van der Waals surface area contributed by atoms with Crippen LogP contribution >= 0.6 is 27.3 Å². The van der Waals surface area contributed by atoms with Crippen LogP contribution in [-0.2, 0) is 4.74 Å². The lowest BCUT2D eigenvalue weighted by molar-refractivity contribution is 0.0716. The molecule has 16 heavy (non-hydrogen) atoms. The van der Waals surface area contributed by atoms with Gasteiger partial charge < -0.3 is 9.64 Å². The zero-order valence-corrected chi connectivity index (χ0v) is 11.7. The van der Waals surface area contributed by atoms with Crippen molar-refractivity contribution >= 4 is 33.2 Å². The number of carbonyl (C=O) groups excluding carboxylic acids is 1. The number of halogens is 1. The first-order valence-electron chi connectivity index (χ1n) is 5.20. The fraction of sp³-hybridized carbons (Fsp3) is 0.545. The Morgan fingerprint density at radius 2 is 2.44 bits per heavy atom. The maximum absolute atomic E-state index is 12.2. The molecule has 0 radical (unpaired) electrons. The second kappa shape index (κ2) is 4.85. The smallest absolute Gasteiger partial charge is 0.264 e. The van der Waals surface area contributed by atoms with Crippen LogP contribution in [0.3, 0.4) is 0 Å². The van der Waals surface area contributed by atoms with Crippen molar-refractivity contribution in [1.29, 1.82) is 0 Å². The molecule has 1 aromatic heterocycles. The van der Waals surface area contributed by atoms with E-state index < -0.39 is 0 Å². The number of nitrogens with zero attached hydrogens (tertiary/aromatic N) is 1. The Bertz CT molecular complexity index is 379. The van der Waals surface area contributed by atoms with E-state index in [1.807, 2.05) is 20.0 Å². The Kier molecular flexibility index (Phi) is 3.66. The lowest BCUT2D eigenvalue weighted by Gasteiger charge is -2.22. The van der Waals surface area contributed by atoms with Gasteiger partial charge >= 0.3 is 0 Å². The summed E-state index contributed by atoms with van der Waals surface area (Å²) in [4.78, 5) is 14.7. The van der Waals surface area contributed by atoms with E-state index in [1.165, 1.54) is 11.3 Å². The van der Waals surface area contributed by atoms with Crippen molar-refractivity contribution in [2.24, 2.45) is 0 Å². The van der Waals surface area contributed by atoms with Crippen LogP contribution < -0.4 is 0 Å². The first kappa shape index (κ1) is 12.1. The molecule has 0 aliphatic carbocycles. The van der Waals surface area contributed by atoms with E-state index in [4.69, 9.17) is 4.74 Å². The van der Waals surface area contributed by atoms with Crippen molar-refractivity contribution in [3.8, 4) is 0 Å². The van der Waals surface area contributed by atoms with E-state index in [-0.39, 0.29) is 11.9 Å². The zero-order chi connectivity index (χ0) is 11.7. The molecule has 1 unspecified atom stereocenters. The monoisotopic (exact) mass is 303 g/mol. The predicted octanol–water partition coefficient (Wildman–Crippen LogP) is 2.68. The van der Waals surface area contributed by atoms with Crippen LogP contribution in [0, 0.1) is 6.92 Å². The van der Waals surface area contributed by atoms with Gasteiger partial charge in [-0.2, -0.15) is 0 Å². The molecule has 0 spiro atoms. The fourth-order valence-corrected chi connectivity index (χ4v) is 3.25. The van der Waals surface area contributed by atoms with E-state index in [0.717, 1.165) is 27.3 Å². The van der Waals surface area contributed by atoms with Gasteiger partial charge in [-0.25, -0.2) is 0 Å². The molecule has 1 amide bonds. The summed E-state index contributed by atoms with van der Waals surface area (Å²) in [5.41, 5.74) is 1.12. The number of ether oxygens (including phenoxy) is 1. The number of rotatable bonds is 2. The van der Waals surface area contributed by atoms with Crippen molar-refractivity contribution in [3.05, 3.63) is 20.3 Å². The zero-order valence-electron chi connectivity index (χ0n) is 9.33. The van der Waals surface area contributed by atoms with Gasteiger partial charge in [-0.1, -0.05) is 0 Å². The summed E-state index contributed by atoms with van der Waals surface area (Å²) in [6, 6.07) is 2.16. The molecule has 2 rings (SSSR count). The highest BCUT2D eigenvalue weighted by Crippen LogP contribution is 2.28. The third-order valence-corrected chi connectivity index (χ3v) is 4.97. The summed E-state index contributed by atoms with van der Waals surface area (Å²) in [6.45, 7) is 3.42. The number of hydrogen-bond donors (Lipinski definition) is 0. The minimum absolute atomic E-state index is 0.0919. The molecule has 0 saturated carbocycles. The Balaban J connectivity index is 2.11. The third kappa shape index (κ3) is 2.31. The predicted molar refractivity (Wildman–Crippen MR) is 68.1 cm³/mol. The lowest BCUT2D eigenvalue weighted by atomic mass is 10.2. The van der Waals surface area contributed by atoms with Gasteiger partial charge in [-0.05, 0) is 40.9 Å². The second-order valence-electron chi connectivity index (χ2n) is 4.00. The van der Waals surface area contributed by atoms with E-state index >= 15 is 0 Å². The summed E-state index contributed by atoms with van der Waals surface area (Å²) in [5, 5.41) is 0. The summed E-state index contributed by atoms with van der Waals surface area (Å²) < 4.78 is 6.33. The van der Waals surface area contributed by atoms with Crippen LogP contribution in [0.15, 0.2) is 9.85 Å². The Labute approximate surface area is 108 Å². The first-order chi connectivity index (χ1) is 7.59. The number of likely N-dealkylation sites (N-methyl/N-ethyl adjacent to an activating group) is 1.